The van der Waals surface area contributed by atoms with Crippen LogP contribution < -0.4 is 10.2 Å². The van der Waals surface area contributed by atoms with Gasteiger partial charge in [-0.3, -0.25) is 4.79 Å². The van der Waals surface area contributed by atoms with Crippen LogP contribution in [0.25, 0.3) is 0 Å². The van der Waals surface area contributed by atoms with Crippen LogP contribution in [-0.2, 0) is 4.79 Å². The van der Waals surface area contributed by atoms with Gasteiger partial charge in [0.1, 0.15) is 0 Å². The van der Waals surface area contributed by atoms with E-state index >= 15 is 0 Å². The Kier molecular flexibility index (Phi) is 4.02. The molecule has 2 atom stereocenters. The number of likely N-dealkylation sites (N-methyl/N-ethyl adjacent to an activating group) is 1. The number of hydrogen-bond donors (Lipinski definition) is 1. The minimum Gasteiger partial charge on any atom is -0.311 e. The Morgan fingerprint density at radius 3 is 2.83 bits per heavy atom. The van der Waals surface area contributed by atoms with E-state index < -0.39 is 0 Å². The molecule has 1 aromatic rings. The predicted molar refractivity (Wildman–Crippen MR) is 74.8 cm³/mol. The van der Waals surface area contributed by atoms with Crippen molar-refractivity contribution in [1.82, 2.24) is 5.32 Å². The van der Waals surface area contributed by atoms with Crippen LogP contribution >= 0.6 is 0 Å². The van der Waals surface area contributed by atoms with Crippen molar-refractivity contribution in [3.05, 3.63) is 29.8 Å². The van der Waals surface area contributed by atoms with E-state index in [0.29, 0.717) is 12.5 Å². The lowest BCUT2D eigenvalue weighted by molar-refractivity contribution is -0.121. The fourth-order valence-corrected chi connectivity index (χ4v) is 2.59. The molecule has 1 aliphatic heterocycles. The van der Waals surface area contributed by atoms with Gasteiger partial charge in [0, 0.05) is 12.2 Å². The number of nitrogens with one attached hydrogen (secondary N) is 1. The molecule has 1 amide bonds. The van der Waals surface area contributed by atoms with E-state index in [0.717, 1.165) is 18.7 Å². The van der Waals surface area contributed by atoms with Gasteiger partial charge in [-0.25, -0.2) is 0 Å². The van der Waals surface area contributed by atoms with Crippen LogP contribution in [0.5, 0.6) is 0 Å². The third-order valence-electron chi connectivity index (χ3n) is 3.69. The fourth-order valence-electron chi connectivity index (χ4n) is 2.59. The Balaban J connectivity index is 2.20. The maximum Gasteiger partial charge on any atom is 0.244 e. The van der Waals surface area contributed by atoms with Crippen molar-refractivity contribution in [1.29, 1.82) is 0 Å². The second-order valence-electron chi connectivity index (χ2n) is 5.12. The molecule has 2 rings (SSSR count). The quantitative estimate of drug-likeness (QED) is 0.888. The maximum atomic E-state index is 12.6. The van der Waals surface area contributed by atoms with Crippen molar-refractivity contribution in [2.75, 3.05) is 18.0 Å². The molecule has 0 saturated carbocycles. The van der Waals surface area contributed by atoms with Gasteiger partial charge in [0.25, 0.3) is 0 Å². The number of aryl methyl sites for hydroxylation is 1. The first-order chi connectivity index (χ1) is 8.63. The largest absolute Gasteiger partial charge is 0.311 e. The molecule has 0 aromatic heterocycles. The number of anilines is 1. The van der Waals surface area contributed by atoms with E-state index in [1.807, 2.05) is 24.0 Å². The summed E-state index contributed by atoms with van der Waals surface area (Å²) in [5, 5.41) is 3.31. The second kappa shape index (κ2) is 5.53. The van der Waals surface area contributed by atoms with E-state index in [4.69, 9.17) is 0 Å². The molecule has 2 unspecified atom stereocenters. The van der Waals surface area contributed by atoms with Crippen LogP contribution in [0.4, 0.5) is 5.69 Å². The van der Waals surface area contributed by atoms with E-state index in [1.54, 1.807) is 0 Å². The first kappa shape index (κ1) is 13.1. The number of nitrogens with zero attached hydrogens (tertiary/aromatic N) is 1. The summed E-state index contributed by atoms with van der Waals surface area (Å²) in [5.41, 5.74) is 2.19. The number of hydrogen-bond acceptors (Lipinski definition) is 2. The summed E-state index contributed by atoms with van der Waals surface area (Å²) in [6.07, 6.45) is 1.09. The van der Waals surface area contributed by atoms with Crippen molar-refractivity contribution in [3.63, 3.8) is 0 Å². The smallest absolute Gasteiger partial charge is 0.244 e. The Hall–Kier alpha value is -1.35. The second-order valence-corrected chi connectivity index (χ2v) is 5.12. The van der Waals surface area contributed by atoms with Gasteiger partial charge in [0.05, 0.1) is 6.04 Å². The Morgan fingerprint density at radius 2 is 2.28 bits per heavy atom. The number of carbonyl (C=O) groups excluding carboxylic acids is 1. The summed E-state index contributed by atoms with van der Waals surface area (Å²) in [5.74, 6) is 0.629. The monoisotopic (exact) mass is 246 g/mol. The lowest BCUT2D eigenvalue weighted by Gasteiger charge is -2.26. The molecule has 1 aromatic carbocycles. The van der Waals surface area contributed by atoms with Crippen LogP contribution in [0.15, 0.2) is 24.3 Å². The van der Waals surface area contributed by atoms with Crippen molar-refractivity contribution in [2.24, 2.45) is 5.92 Å². The molecule has 3 nitrogen and oxygen atoms in total. The van der Waals surface area contributed by atoms with E-state index in [-0.39, 0.29) is 11.9 Å². The van der Waals surface area contributed by atoms with Crippen LogP contribution in [0.2, 0.25) is 0 Å². The third-order valence-corrected chi connectivity index (χ3v) is 3.69. The number of rotatable bonds is 3. The van der Waals surface area contributed by atoms with E-state index in [9.17, 15) is 4.79 Å². The van der Waals surface area contributed by atoms with Crippen LogP contribution in [0.3, 0.4) is 0 Å². The standard InChI is InChI=1S/C15H22N2O/c1-4-17(13-7-5-6-11(2)10-13)15(18)14-12(3)8-9-16-14/h5-7,10,12,14,16H,4,8-9H2,1-3H3. The van der Waals surface area contributed by atoms with Crippen molar-refractivity contribution >= 4 is 11.6 Å². The van der Waals surface area contributed by atoms with Gasteiger partial charge in [-0.2, -0.15) is 0 Å². The molecule has 1 heterocycles. The first-order valence-electron chi connectivity index (χ1n) is 6.75. The normalized spacial score (nSPS) is 23.1. The lowest BCUT2D eigenvalue weighted by Crippen LogP contribution is -2.46. The zero-order valence-electron chi connectivity index (χ0n) is 11.4. The Bertz CT molecular complexity index is 430. The van der Waals surface area contributed by atoms with Gasteiger partial charge in [0.2, 0.25) is 5.91 Å². The summed E-state index contributed by atoms with van der Waals surface area (Å²) in [6, 6.07) is 8.12. The predicted octanol–water partition coefficient (Wildman–Crippen LogP) is 2.35. The molecule has 1 fully saturated rings. The number of benzene rings is 1. The Morgan fingerprint density at radius 1 is 1.50 bits per heavy atom. The number of amides is 1. The molecule has 3 heteroatoms. The average Bonchev–Trinajstić information content (AvgIpc) is 2.76. The highest BCUT2D eigenvalue weighted by Crippen LogP contribution is 2.21. The summed E-state index contributed by atoms with van der Waals surface area (Å²) in [4.78, 5) is 14.4. The van der Waals surface area contributed by atoms with Gasteiger partial charge in [-0.05, 0) is 50.4 Å². The molecule has 98 valence electrons. The molecule has 0 radical (unpaired) electrons. The van der Waals surface area contributed by atoms with Gasteiger partial charge < -0.3 is 10.2 Å². The molecule has 0 spiro atoms. The van der Waals surface area contributed by atoms with E-state index in [2.05, 4.69) is 31.3 Å². The van der Waals surface area contributed by atoms with Crippen LogP contribution in [-0.4, -0.2) is 25.0 Å². The topological polar surface area (TPSA) is 32.3 Å². The highest BCUT2D eigenvalue weighted by molar-refractivity contribution is 5.97. The summed E-state index contributed by atoms with van der Waals surface area (Å²) < 4.78 is 0. The summed E-state index contributed by atoms with van der Waals surface area (Å²) in [7, 11) is 0. The van der Waals surface area contributed by atoms with Crippen LogP contribution in [0.1, 0.15) is 25.8 Å². The fraction of sp³-hybridized carbons (Fsp3) is 0.533. The lowest BCUT2D eigenvalue weighted by atomic mass is 10.0. The molecule has 1 N–H and O–H groups in total. The van der Waals surface area contributed by atoms with Crippen molar-refractivity contribution in [3.8, 4) is 0 Å². The van der Waals surface area contributed by atoms with Crippen molar-refractivity contribution < 1.29 is 4.79 Å². The third kappa shape index (κ3) is 2.56. The average molecular weight is 246 g/mol. The number of carbonyl (C=O) groups is 1. The van der Waals surface area contributed by atoms with Gasteiger partial charge in [0.15, 0.2) is 0 Å². The Labute approximate surface area is 109 Å². The minimum atomic E-state index is -0.0227. The SMILES string of the molecule is CCN(C(=O)C1NCCC1C)c1cccc(C)c1. The van der Waals surface area contributed by atoms with Gasteiger partial charge >= 0.3 is 0 Å². The molecule has 0 bridgehead atoms. The van der Waals surface area contributed by atoms with Gasteiger partial charge in [-0.1, -0.05) is 19.1 Å². The zero-order chi connectivity index (χ0) is 13.1. The molecular weight excluding hydrogens is 224 g/mol. The maximum absolute atomic E-state index is 12.6. The molecular formula is C15H22N2O. The highest BCUT2D eigenvalue weighted by Gasteiger charge is 2.32. The minimum absolute atomic E-state index is 0.0227. The van der Waals surface area contributed by atoms with Crippen LogP contribution in [0, 0.1) is 12.8 Å². The highest BCUT2D eigenvalue weighted by atomic mass is 16.2. The molecule has 18 heavy (non-hydrogen) atoms. The molecule has 1 saturated heterocycles. The first-order valence-corrected chi connectivity index (χ1v) is 6.75. The van der Waals surface area contributed by atoms with Crippen molar-refractivity contribution in [2.45, 2.75) is 33.2 Å². The zero-order valence-corrected chi connectivity index (χ0v) is 11.4. The molecule has 0 aliphatic carbocycles. The van der Waals surface area contributed by atoms with Gasteiger partial charge in [-0.15, -0.1) is 0 Å². The van der Waals surface area contributed by atoms with E-state index in [1.165, 1.54) is 5.56 Å². The molecule has 1 aliphatic rings. The summed E-state index contributed by atoms with van der Waals surface area (Å²) >= 11 is 0. The summed E-state index contributed by atoms with van der Waals surface area (Å²) in [6.45, 7) is 7.89.